The summed E-state index contributed by atoms with van der Waals surface area (Å²) < 4.78 is 5.53. The molecule has 0 radical (unpaired) electrons. The van der Waals surface area contributed by atoms with E-state index in [2.05, 4.69) is 6.92 Å². The van der Waals surface area contributed by atoms with Gasteiger partial charge in [-0.15, -0.1) is 0 Å². The van der Waals surface area contributed by atoms with Crippen molar-refractivity contribution in [3.8, 4) is 0 Å². The molecule has 96 valence electrons. The highest BCUT2D eigenvalue weighted by Crippen LogP contribution is 2.52. The molecule has 0 bridgehead atoms. The van der Waals surface area contributed by atoms with Crippen LogP contribution in [0.15, 0.2) is 22.3 Å². The molecular formula is C15H18O3. The minimum atomic E-state index is -0.594. The molecule has 0 unspecified atom stereocenters. The van der Waals surface area contributed by atoms with E-state index < -0.39 is 5.41 Å². The van der Waals surface area contributed by atoms with Gasteiger partial charge < -0.3 is 4.74 Å². The van der Waals surface area contributed by atoms with E-state index in [0.29, 0.717) is 6.42 Å². The molecule has 0 amide bonds. The Kier molecular flexibility index (Phi) is 2.31. The normalized spacial score (nSPS) is 35.6. The third-order valence-corrected chi connectivity index (χ3v) is 4.95. The largest absolute Gasteiger partial charge is 0.453 e. The highest BCUT2D eigenvalue weighted by molar-refractivity contribution is 5.97. The van der Waals surface area contributed by atoms with E-state index in [-0.39, 0.29) is 17.9 Å². The fourth-order valence-electron chi connectivity index (χ4n) is 3.74. The van der Waals surface area contributed by atoms with E-state index in [0.717, 1.165) is 30.4 Å². The van der Waals surface area contributed by atoms with Crippen LogP contribution >= 0.6 is 0 Å². The number of hydrogen-bond acceptors (Lipinski definition) is 3. The summed E-state index contributed by atoms with van der Waals surface area (Å²) in [4.78, 5) is 24.1. The van der Waals surface area contributed by atoms with Crippen LogP contribution in [0.25, 0.3) is 0 Å². The minimum Gasteiger partial charge on any atom is -0.453 e. The first-order valence-electron chi connectivity index (χ1n) is 6.59. The van der Waals surface area contributed by atoms with Gasteiger partial charge in [-0.3, -0.25) is 4.79 Å². The molecule has 2 aliphatic carbocycles. The Balaban J connectivity index is 2.19. The molecule has 0 N–H and O–H groups in total. The maximum atomic E-state index is 12.3. The van der Waals surface area contributed by atoms with Gasteiger partial charge in [-0.1, -0.05) is 11.1 Å². The molecule has 3 rings (SSSR count). The first-order valence-corrected chi connectivity index (χ1v) is 6.59. The number of allylic oxidation sites excluding steroid dienone is 1. The maximum Gasteiger partial charge on any atom is 0.334 e. The SMILES string of the molecule is CC1=C2CCC(=O)[C@@]2(C)[C@@H]2OC(=O)C(C)=C2CC1. The lowest BCUT2D eigenvalue weighted by Gasteiger charge is -2.31. The van der Waals surface area contributed by atoms with E-state index in [1.54, 1.807) is 0 Å². The van der Waals surface area contributed by atoms with Crippen LogP contribution in [0, 0.1) is 5.41 Å². The van der Waals surface area contributed by atoms with Gasteiger partial charge in [0.05, 0.1) is 5.41 Å². The van der Waals surface area contributed by atoms with Gasteiger partial charge in [-0.2, -0.15) is 0 Å². The Morgan fingerprint density at radius 3 is 2.56 bits per heavy atom. The number of rotatable bonds is 0. The zero-order chi connectivity index (χ0) is 13.1. The number of esters is 1. The van der Waals surface area contributed by atoms with Crippen molar-refractivity contribution >= 4 is 11.8 Å². The topological polar surface area (TPSA) is 43.4 Å². The number of hydrogen-bond donors (Lipinski definition) is 0. The van der Waals surface area contributed by atoms with Gasteiger partial charge >= 0.3 is 5.97 Å². The minimum absolute atomic E-state index is 0.226. The van der Waals surface area contributed by atoms with E-state index in [9.17, 15) is 9.59 Å². The molecule has 1 heterocycles. The summed E-state index contributed by atoms with van der Waals surface area (Å²) in [5.74, 6) is -0.0152. The van der Waals surface area contributed by atoms with Crippen LogP contribution in [0.2, 0.25) is 0 Å². The van der Waals surface area contributed by atoms with Crippen molar-refractivity contribution in [3.63, 3.8) is 0 Å². The number of ether oxygens (including phenoxy) is 1. The van der Waals surface area contributed by atoms with Crippen LogP contribution in [-0.4, -0.2) is 17.9 Å². The molecule has 1 aliphatic heterocycles. The van der Waals surface area contributed by atoms with Crippen molar-refractivity contribution < 1.29 is 14.3 Å². The number of Topliss-reactive ketones (excluding diaryl/α,β-unsaturated/α-hetero) is 1. The zero-order valence-electron chi connectivity index (χ0n) is 11.1. The maximum absolute atomic E-state index is 12.3. The molecular weight excluding hydrogens is 228 g/mol. The molecule has 18 heavy (non-hydrogen) atoms. The molecule has 1 saturated carbocycles. The Morgan fingerprint density at radius 1 is 1.11 bits per heavy atom. The lowest BCUT2D eigenvalue weighted by molar-refractivity contribution is -0.146. The van der Waals surface area contributed by atoms with Gasteiger partial charge in [0.2, 0.25) is 0 Å². The quantitative estimate of drug-likeness (QED) is 0.487. The Morgan fingerprint density at radius 2 is 1.83 bits per heavy atom. The predicted molar refractivity (Wildman–Crippen MR) is 66.9 cm³/mol. The van der Waals surface area contributed by atoms with Crippen LogP contribution in [0.4, 0.5) is 0 Å². The third kappa shape index (κ3) is 1.25. The Bertz CT molecular complexity index is 524. The summed E-state index contributed by atoms with van der Waals surface area (Å²) in [6, 6.07) is 0. The van der Waals surface area contributed by atoms with Crippen LogP contribution in [0.3, 0.4) is 0 Å². The van der Waals surface area contributed by atoms with Crippen molar-refractivity contribution in [1.82, 2.24) is 0 Å². The molecule has 0 saturated heterocycles. The van der Waals surface area contributed by atoms with Gasteiger partial charge in [-0.25, -0.2) is 4.79 Å². The average molecular weight is 246 g/mol. The highest BCUT2D eigenvalue weighted by atomic mass is 16.5. The van der Waals surface area contributed by atoms with Crippen LogP contribution in [-0.2, 0) is 14.3 Å². The van der Waals surface area contributed by atoms with Gasteiger partial charge in [-0.05, 0) is 45.6 Å². The first kappa shape index (κ1) is 11.7. The number of fused-ring (bicyclic) bond motifs is 3. The van der Waals surface area contributed by atoms with E-state index >= 15 is 0 Å². The van der Waals surface area contributed by atoms with Gasteiger partial charge in [0, 0.05) is 12.0 Å². The van der Waals surface area contributed by atoms with E-state index in [4.69, 9.17) is 4.74 Å². The van der Waals surface area contributed by atoms with E-state index in [1.807, 2.05) is 13.8 Å². The van der Waals surface area contributed by atoms with Crippen molar-refractivity contribution in [2.45, 2.75) is 52.6 Å². The molecule has 0 spiro atoms. The molecule has 1 fully saturated rings. The van der Waals surface area contributed by atoms with Crippen LogP contribution < -0.4 is 0 Å². The number of carbonyl (C=O) groups excluding carboxylic acids is 2. The third-order valence-electron chi connectivity index (χ3n) is 4.95. The number of ketones is 1. The Hall–Kier alpha value is -1.38. The van der Waals surface area contributed by atoms with Gasteiger partial charge in [0.1, 0.15) is 11.9 Å². The Labute approximate surface area is 107 Å². The van der Waals surface area contributed by atoms with Crippen LogP contribution in [0.5, 0.6) is 0 Å². The van der Waals surface area contributed by atoms with Crippen molar-refractivity contribution in [2.75, 3.05) is 0 Å². The van der Waals surface area contributed by atoms with Crippen molar-refractivity contribution in [2.24, 2.45) is 5.41 Å². The summed E-state index contributed by atoms with van der Waals surface area (Å²) in [6.45, 7) is 5.90. The number of carbonyl (C=O) groups is 2. The fraction of sp³-hybridized carbons (Fsp3) is 0.600. The highest BCUT2D eigenvalue weighted by Gasteiger charge is 2.55. The second-order valence-corrected chi connectivity index (χ2v) is 5.82. The molecule has 3 nitrogen and oxygen atoms in total. The fourth-order valence-corrected chi connectivity index (χ4v) is 3.74. The first-order chi connectivity index (χ1) is 8.46. The molecule has 0 aromatic heterocycles. The summed E-state index contributed by atoms with van der Waals surface area (Å²) in [7, 11) is 0. The zero-order valence-corrected chi connectivity index (χ0v) is 11.1. The second-order valence-electron chi connectivity index (χ2n) is 5.82. The molecule has 3 heteroatoms. The van der Waals surface area contributed by atoms with Crippen molar-refractivity contribution in [1.29, 1.82) is 0 Å². The van der Waals surface area contributed by atoms with E-state index in [1.165, 1.54) is 11.1 Å². The predicted octanol–water partition coefficient (Wildman–Crippen LogP) is 2.71. The molecule has 0 aromatic rings. The van der Waals surface area contributed by atoms with Crippen LogP contribution in [0.1, 0.15) is 46.5 Å². The summed E-state index contributed by atoms with van der Waals surface area (Å²) >= 11 is 0. The molecule has 3 aliphatic rings. The summed E-state index contributed by atoms with van der Waals surface area (Å²) in [6.07, 6.45) is 2.87. The summed E-state index contributed by atoms with van der Waals surface area (Å²) in [5, 5.41) is 0. The molecule has 2 atom stereocenters. The lowest BCUT2D eigenvalue weighted by atomic mass is 9.75. The van der Waals surface area contributed by atoms with Crippen molar-refractivity contribution in [3.05, 3.63) is 22.3 Å². The summed E-state index contributed by atoms with van der Waals surface area (Å²) in [5.41, 5.74) is 3.70. The monoisotopic (exact) mass is 246 g/mol. The standard InChI is InChI=1S/C15H18O3/c1-8-4-5-10-9(2)14(17)18-13(10)15(3)11(8)6-7-12(15)16/h13H,4-7H2,1-3H3/t13-,15+/m1/s1. The smallest absolute Gasteiger partial charge is 0.334 e. The van der Waals surface area contributed by atoms with Gasteiger partial charge in [0.15, 0.2) is 0 Å². The second kappa shape index (κ2) is 3.56. The molecule has 0 aromatic carbocycles. The average Bonchev–Trinajstić information content (AvgIpc) is 2.75. The lowest BCUT2D eigenvalue weighted by Crippen LogP contribution is -2.38. The van der Waals surface area contributed by atoms with Gasteiger partial charge in [0.25, 0.3) is 0 Å².